The quantitative estimate of drug-likeness (QED) is 0.475. The maximum absolute atomic E-state index is 10.0. The maximum atomic E-state index is 10.0. The first-order valence-electron chi connectivity index (χ1n) is 3.68. The van der Waals surface area contributed by atoms with Crippen LogP contribution in [-0.2, 0) is 4.79 Å². The standard InChI is InChI=1S/C3H7NO2/c1-4-2-3(5)6/h4H,2H2,1H3,(H,5,6)/i1D3,2D2. The van der Waals surface area contributed by atoms with Crippen molar-refractivity contribution >= 4 is 5.97 Å². The third kappa shape index (κ3) is 3.43. The van der Waals surface area contributed by atoms with Gasteiger partial charge in [0.15, 0.2) is 0 Å². The number of carboxylic acid groups (broad SMARTS) is 1. The lowest BCUT2D eigenvalue weighted by Gasteiger charge is -1.84. The van der Waals surface area contributed by atoms with Gasteiger partial charge >= 0.3 is 5.97 Å². The molecule has 0 spiro atoms. The summed E-state index contributed by atoms with van der Waals surface area (Å²) < 4.78 is 32.8. The number of rotatable bonds is 2. The topological polar surface area (TPSA) is 49.3 Å². The van der Waals surface area contributed by atoms with E-state index in [1.807, 2.05) is 0 Å². The highest BCUT2D eigenvalue weighted by atomic mass is 16.4. The molecule has 3 heteroatoms. The van der Waals surface area contributed by atoms with Crippen LogP contribution in [0.3, 0.4) is 0 Å². The zero-order valence-corrected chi connectivity index (χ0v) is 2.86. The SMILES string of the molecule is [2H]C([2H])([2H])NC([2H])([2H])C(=O)O. The van der Waals surface area contributed by atoms with Gasteiger partial charge in [0.05, 0.1) is 9.24 Å². The van der Waals surface area contributed by atoms with Crippen LogP contribution in [0.4, 0.5) is 0 Å². The Bertz CT molecular complexity index is 164. The van der Waals surface area contributed by atoms with Crippen molar-refractivity contribution in [3.05, 3.63) is 0 Å². The summed E-state index contributed by atoms with van der Waals surface area (Å²) >= 11 is 0. The smallest absolute Gasteiger partial charge is 0.317 e. The molecule has 0 aromatic carbocycles. The largest absolute Gasteiger partial charge is 0.480 e. The molecule has 0 aromatic rings. The molecule has 0 rings (SSSR count). The molecule has 0 aromatic heterocycles. The first kappa shape index (κ1) is 1.20. The van der Waals surface area contributed by atoms with Crippen molar-refractivity contribution in [2.45, 2.75) is 0 Å². The lowest BCUT2D eigenvalue weighted by molar-refractivity contribution is -0.135. The highest BCUT2D eigenvalue weighted by Gasteiger charge is 1.86. The van der Waals surface area contributed by atoms with Gasteiger partial charge in [0.25, 0.3) is 0 Å². The van der Waals surface area contributed by atoms with Crippen molar-refractivity contribution in [3.63, 3.8) is 0 Å². The molecule has 3 nitrogen and oxygen atoms in total. The van der Waals surface area contributed by atoms with Gasteiger partial charge in [-0.15, -0.1) is 0 Å². The van der Waals surface area contributed by atoms with Crippen molar-refractivity contribution in [1.29, 1.82) is 0 Å². The van der Waals surface area contributed by atoms with Gasteiger partial charge < -0.3 is 10.4 Å². The van der Waals surface area contributed by atoms with Crippen LogP contribution in [-0.4, -0.2) is 24.5 Å². The van der Waals surface area contributed by atoms with Crippen LogP contribution < -0.4 is 5.32 Å². The number of hydrogen-bond acceptors (Lipinski definition) is 2. The summed E-state index contributed by atoms with van der Waals surface area (Å²) in [7, 11) is 0. The second-order valence-corrected chi connectivity index (χ2v) is 0.555. The van der Waals surface area contributed by atoms with Gasteiger partial charge in [-0.25, -0.2) is 0 Å². The molecule has 6 heavy (non-hydrogen) atoms. The van der Waals surface area contributed by atoms with Crippen LogP contribution in [0.25, 0.3) is 0 Å². The first-order valence-corrected chi connectivity index (χ1v) is 1.18. The second-order valence-electron chi connectivity index (χ2n) is 0.555. The summed E-state index contributed by atoms with van der Waals surface area (Å²) in [6.45, 7) is -5.70. The lowest BCUT2D eigenvalue weighted by atomic mass is 10.7. The molecule has 2 N–H and O–H groups in total. The summed E-state index contributed by atoms with van der Waals surface area (Å²) in [5, 5.41) is 9.45. The summed E-state index contributed by atoms with van der Waals surface area (Å²) in [6, 6.07) is 0. The highest BCUT2D eigenvalue weighted by molar-refractivity contribution is 5.68. The molecule has 36 valence electrons. The monoisotopic (exact) mass is 94.1 g/mol. The number of nitrogens with one attached hydrogen (secondary N) is 1. The minimum absolute atomic E-state index is 1.33. The number of hydrogen-bond donors (Lipinski definition) is 2. The molecule has 0 bridgehead atoms. The van der Waals surface area contributed by atoms with Crippen molar-refractivity contribution in [2.24, 2.45) is 0 Å². The summed E-state index contributed by atoms with van der Waals surface area (Å²) in [4.78, 5) is 10.0. The molecule has 0 radical (unpaired) electrons. The Morgan fingerprint density at radius 2 is 3.17 bits per heavy atom. The number of carboxylic acids is 1. The molecule has 0 aliphatic heterocycles. The van der Waals surface area contributed by atoms with Gasteiger partial charge in [0.2, 0.25) is 0 Å². The zero-order valence-electron chi connectivity index (χ0n) is 7.86. The average Bonchev–Trinajstić information content (AvgIpc) is 1.56. The fourth-order valence-electron chi connectivity index (χ4n) is 0.0535. The van der Waals surface area contributed by atoms with Gasteiger partial charge in [-0.1, -0.05) is 0 Å². The Morgan fingerprint density at radius 3 is 3.33 bits per heavy atom. The van der Waals surface area contributed by atoms with E-state index in [0.717, 1.165) is 0 Å². The van der Waals surface area contributed by atoms with E-state index < -0.39 is 19.4 Å². The predicted octanol–water partition coefficient (Wildman–Crippen LogP) is -0.710. The molecule has 0 fully saturated rings. The van der Waals surface area contributed by atoms with Gasteiger partial charge in [0.1, 0.15) is 0 Å². The lowest BCUT2D eigenvalue weighted by Crippen LogP contribution is -2.16. The molecule has 0 aliphatic rings. The van der Waals surface area contributed by atoms with Crippen LogP contribution in [0, 0.1) is 0 Å². The number of carbonyl (C=O) groups is 1. The minimum Gasteiger partial charge on any atom is -0.480 e. The average molecular weight is 94.1 g/mol. The normalized spacial score (nSPS) is 25.0. The minimum atomic E-state index is -2.91. The summed E-state index contributed by atoms with van der Waals surface area (Å²) in [6.07, 6.45) is 0. The molecule has 0 aliphatic carbocycles. The Labute approximate surface area is 43.0 Å². The molecule has 0 heterocycles. The third-order valence-corrected chi connectivity index (χ3v) is 0.169. The summed E-state index contributed by atoms with van der Waals surface area (Å²) in [5.74, 6) is -1.85. The molecule has 0 saturated heterocycles. The Morgan fingerprint density at radius 1 is 2.50 bits per heavy atom. The van der Waals surface area contributed by atoms with Gasteiger partial charge in [-0.2, -0.15) is 0 Å². The van der Waals surface area contributed by atoms with Gasteiger partial charge in [-0.05, 0) is 6.98 Å². The molecule has 0 saturated carbocycles. The van der Waals surface area contributed by atoms with Crippen molar-refractivity contribution in [3.8, 4) is 0 Å². The number of likely N-dealkylation sites (N-methyl/N-ethyl adjacent to an activating group) is 1. The highest BCUT2D eigenvalue weighted by Crippen LogP contribution is 1.50. The zero-order chi connectivity index (χ0) is 9.28. The van der Waals surface area contributed by atoms with Crippen LogP contribution in [0.15, 0.2) is 0 Å². The van der Waals surface area contributed by atoms with E-state index in [1.165, 1.54) is 5.32 Å². The van der Waals surface area contributed by atoms with Crippen LogP contribution in [0.5, 0.6) is 0 Å². The van der Waals surface area contributed by atoms with Gasteiger partial charge in [-0.3, -0.25) is 4.79 Å². The number of aliphatic carboxylic acids is 1. The fraction of sp³-hybridized carbons (Fsp3) is 0.667. The van der Waals surface area contributed by atoms with Crippen molar-refractivity contribution < 1.29 is 16.8 Å². The molecular formula is C3H7NO2. The van der Waals surface area contributed by atoms with E-state index in [0.29, 0.717) is 0 Å². The second kappa shape index (κ2) is 2.66. The van der Waals surface area contributed by atoms with E-state index >= 15 is 0 Å². The van der Waals surface area contributed by atoms with E-state index in [4.69, 9.17) is 12.0 Å². The fourth-order valence-corrected chi connectivity index (χ4v) is 0.0535. The molecule has 0 amide bonds. The predicted molar refractivity (Wildman–Crippen MR) is 21.6 cm³/mol. The summed E-state index contributed by atoms with van der Waals surface area (Å²) in [5.41, 5.74) is 0. The van der Waals surface area contributed by atoms with Crippen LogP contribution in [0.2, 0.25) is 0 Å². The van der Waals surface area contributed by atoms with E-state index in [2.05, 4.69) is 0 Å². The Hall–Kier alpha value is -0.570. The molecular weight excluding hydrogens is 82.0 g/mol. The maximum Gasteiger partial charge on any atom is 0.317 e. The van der Waals surface area contributed by atoms with Gasteiger partial charge in [0, 0.05) is 4.11 Å². The first-order chi connectivity index (χ1) is 4.65. The van der Waals surface area contributed by atoms with Crippen molar-refractivity contribution in [1.82, 2.24) is 5.32 Å². The van der Waals surface area contributed by atoms with Crippen molar-refractivity contribution in [2.75, 3.05) is 13.5 Å². The van der Waals surface area contributed by atoms with E-state index in [1.54, 1.807) is 0 Å². The third-order valence-electron chi connectivity index (χ3n) is 0.169. The Balaban J connectivity index is 4.25. The van der Waals surface area contributed by atoms with E-state index in [-0.39, 0.29) is 0 Å². The van der Waals surface area contributed by atoms with Crippen LogP contribution in [0.1, 0.15) is 6.85 Å². The van der Waals surface area contributed by atoms with E-state index in [9.17, 15) is 4.79 Å². The molecule has 0 atom stereocenters. The molecule has 0 unspecified atom stereocenters. The Kier molecular flexibility index (Phi) is 0.530. The van der Waals surface area contributed by atoms with Crippen LogP contribution >= 0.6 is 0 Å².